The molecule has 2 aromatic carbocycles. The highest BCUT2D eigenvalue weighted by molar-refractivity contribution is 7.91. The molecule has 0 aliphatic carbocycles. The van der Waals surface area contributed by atoms with Gasteiger partial charge in [0.2, 0.25) is 5.95 Å². The summed E-state index contributed by atoms with van der Waals surface area (Å²) in [5.74, 6) is 1.81. The Balaban J connectivity index is 1.93. The first-order valence-electron chi connectivity index (χ1n) is 10.1. The summed E-state index contributed by atoms with van der Waals surface area (Å²) in [6, 6.07) is 12.0. The lowest BCUT2D eigenvalue weighted by Gasteiger charge is -2.15. The molecule has 0 saturated heterocycles. The molecule has 3 aromatic rings. The third kappa shape index (κ3) is 5.60. The highest BCUT2D eigenvalue weighted by Gasteiger charge is 2.19. The minimum atomic E-state index is -3.45. The van der Waals surface area contributed by atoms with E-state index in [2.05, 4.69) is 20.6 Å². The number of sulfone groups is 1. The number of para-hydroxylation sites is 1. The Morgan fingerprint density at radius 2 is 1.84 bits per heavy atom. The van der Waals surface area contributed by atoms with Crippen molar-refractivity contribution >= 4 is 44.6 Å². The van der Waals surface area contributed by atoms with E-state index in [1.54, 1.807) is 49.6 Å². The fraction of sp³-hybridized carbons (Fsp3) is 0.273. The second-order valence-corrected chi connectivity index (χ2v) is 9.24. The minimum Gasteiger partial charge on any atom is -0.495 e. The van der Waals surface area contributed by atoms with Gasteiger partial charge in [-0.25, -0.2) is 13.4 Å². The molecule has 0 radical (unpaired) electrons. The van der Waals surface area contributed by atoms with Gasteiger partial charge in [0.15, 0.2) is 15.7 Å². The van der Waals surface area contributed by atoms with E-state index in [1.807, 2.05) is 13.8 Å². The summed E-state index contributed by atoms with van der Waals surface area (Å²) in [7, 11) is -1.89. The number of hydrogen-bond acceptors (Lipinski definition) is 8. The van der Waals surface area contributed by atoms with Gasteiger partial charge in [0.05, 0.1) is 41.9 Å². The van der Waals surface area contributed by atoms with Crippen molar-refractivity contribution in [3.63, 3.8) is 0 Å². The number of benzene rings is 2. The Morgan fingerprint density at radius 3 is 2.56 bits per heavy atom. The molecule has 0 fully saturated rings. The Hall–Kier alpha value is -3.04. The van der Waals surface area contributed by atoms with Crippen molar-refractivity contribution in [1.29, 1.82) is 0 Å². The second-order valence-electron chi connectivity index (χ2n) is 6.75. The number of nitrogens with one attached hydrogen (secondary N) is 2. The van der Waals surface area contributed by atoms with Gasteiger partial charge in [-0.2, -0.15) is 4.98 Å². The number of nitrogens with zero attached hydrogens (tertiary/aromatic N) is 2. The van der Waals surface area contributed by atoms with Crippen LogP contribution in [0.15, 0.2) is 53.6 Å². The summed E-state index contributed by atoms with van der Waals surface area (Å²) in [6.07, 6.45) is 1.95. The van der Waals surface area contributed by atoms with Gasteiger partial charge in [-0.05, 0) is 37.6 Å². The summed E-state index contributed by atoms with van der Waals surface area (Å²) >= 11 is 6.29. The lowest BCUT2D eigenvalue weighted by Crippen LogP contribution is -2.09. The fourth-order valence-electron chi connectivity index (χ4n) is 3.02. The normalized spacial score (nSPS) is 11.1. The highest BCUT2D eigenvalue weighted by atomic mass is 35.5. The van der Waals surface area contributed by atoms with E-state index < -0.39 is 9.84 Å². The first-order chi connectivity index (χ1) is 15.4. The van der Waals surface area contributed by atoms with Crippen LogP contribution in [0.2, 0.25) is 5.02 Å². The van der Waals surface area contributed by atoms with Gasteiger partial charge in [-0.3, -0.25) is 0 Å². The van der Waals surface area contributed by atoms with Gasteiger partial charge >= 0.3 is 0 Å². The maximum atomic E-state index is 12.6. The van der Waals surface area contributed by atoms with Crippen molar-refractivity contribution in [1.82, 2.24) is 9.97 Å². The summed E-state index contributed by atoms with van der Waals surface area (Å²) in [4.78, 5) is 8.84. The summed E-state index contributed by atoms with van der Waals surface area (Å²) in [5.41, 5.74) is 1.00. The van der Waals surface area contributed by atoms with Crippen LogP contribution in [0.1, 0.15) is 20.3 Å². The smallest absolute Gasteiger partial charge is 0.229 e. The molecule has 10 heteroatoms. The lowest BCUT2D eigenvalue weighted by atomic mass is 10.2. The van der Waals surface area contributed by atoms with E-state index in [4.69, 9.17) is 21.1 Å². The second kappa shape index (κ2) is 10.5. The Morgan fingerprint density at radius 1 is 1.06 bits per heavy atom. The molecule has 170 valence electrons. The van der Waals surface area contributed by atoms with E-state index in [-0.39, 0.29) is 27.4 Å². The average Bonchev–Trinajstić information content (AvgIpc) is 2.77. The Labute approximate surface area is 192 Å². The molecule has 0 atom stereocenters. The maximum Gasteiger partial charge on any atom is 0.229 e. The molecule has 3 rings (SSSR count). The van der Waals surface area contributed by atoms with Crippen LogP contribution < -0.4 is 20.1 Å². The van der Waals surface area contributed by atoms with Gasteiger partial charge in [0, 0.05) is 6.07 Å². The first-order valence-corrected chi connectivity index (χ1v) is 12.1. The zero-order chi connectivity index (χ0) is 23.1. The molecule has 0 saturated carbocycles. The topological polar surface area (TPSA) is 102 Å². The first kappa shape index (κ1) is 23.6. The van der Waals surface area contributed by atoms with Crippen molar-refractivity contribution in [2.45, 2.75) is 25.2 Å². The minimum absolute atomic E-state index is 0.0476. The zero-order valence-corrected chi connectivity index (χ0v) is 19.6. The molecule has 0 amide bonds. The third-order valence-corrected chi connectivity index (χ3v) is 6.67. The van der Waals surface area contributed by atoms with E-state index >= 15 is 0 Å². The molecule has 0 spiro atoms. The van der Waals surface area contributed by atoms with Crippen LogP contribution in [-0.4, -0.2) is 37.9 Å². The molecular weight excluding hydrogens is 452 g/mol. The molecule has 0 aliphatic rings. The summed E-state index contributed by atoms with van der Waals surface area (Å²) in [5, 5.41) is 6.37. The Bertz CT molecular complexity index is 1190. The Kier molecular flexibility index (Phi) is 7.76. The predicted octanol–water partition coefficient (Wildman–Crippen LogP) is 5.21. The number of aromatic nitrogens is 2. The largest absolute Gasteiger partial charge is 0.495 e. The molecular formula is C22H25ClN4O4S. The zero-order valence-electron chi connectivity index (χ0n) is 18.1. The SMILES string of the molecule is CCCS(=O)(=O)c1ccccc1Nc1nc(Nc2cc(OCC)ccc2OC)ncc1Cl. The van der Waals surface area contributed by atoms with Gasteiger partial charge < -0.3 is 20.1 Å². The predicted molar refractivity (Wildman–Crippen MR) is 127 cm³/mol. The fourth-order valence-corrected chi connectivity index (χ4v) is 4.66. The molecule has 8 nitrogen and oxygen atoms in total. The molecule has 0 bridgehead atoms. The molecule has 0 aliphatic heterocycles. The number of halogens is 1. The van der Waals surface area contributed by atoms with Gasteiger partial charge in [-0.15, -0.1) is 0 Å². The summed E-state index contributed by atoms with van der Waals surface area (Å²) in [6.45, 7) is 4.25. The third-order valence-electron chi connectivity index (χ3n) is 4.42. The molecule has 1 heterocycles. The maximum absolute atomic E-state index is 12.6. The quantitative estimate of drug-likeness (QED) is 0.411. The van der Waals surface area contributed by atoms with E-state index in [0.717, 1.165) is 0 Å². The average molecular weight is 477 g/mol. The van der Waals surface area contributed by atoms with Crippen molar-refractivity contribution in [3.05, 3.63) is 53.7 Å². The standard InChI is InChI=1S/C22H25ClN4O4S/c1-4-12-32(28,29)20-9-7-6-8-17(20)25-21-16(23)14-24-22(27-21)26-18-13-15(31-5-2)10-11-19(18)30-3/h6-11,13-14H,4-5,12H2,1-3H3,(H2,24,25,26,27). The lowest BCUT2D eigenvalue weighted by molar-refractivity contribution is 0.339. The van der Waals surface area contributed by atoms with Crippen LogP contribution in [0.3, 0.4) is 0 Å². The van der Waals surface area contributed by atoms with Crippen LogP contribution >= 0.6 is 11.6 Å². The van der Waals surface area contributed by atoms with Crippen molar-refractivity contribution in [3.8, 4) is 11.5 Å². The molecule has 2 N–H and O–H groups in total. The molecule has 1 aromatic heterocycles. The van der Waals surface area contributed by atoms with Crippen molar-refractivity contribution < 1.29 is 17.9 Å². The van der Waals surface area contributed by atoms with Crippen molar-refractivity contribution in [2.24, 2.45) is 0 Å². The van der Waals surface area contributed by atoms with E-state index in [0.29, 0.717) is 35.9 Å². The van der Waals surface area contributed by atoms with Crippen LogP contribution in [0.5, 0.6) is 11.5 Å². The number of methoxy groups -OCH3 is 1. The van der Waals surface area contributed by atoms with E-state index in [9.17, 15) is 8.42 Å². The number of anilines is 4. The van der Waals surface area contributed by atoms with E-state index in [1.165, 1.54) is 6.20 Å². The van der Waals surface area contributed by atoms with Crippen molar-refractivity contribution in [2.75, 3.05) is 30.1 Å². The number of ether oxygens (including phenoxy) is 2. The monoisotopic (exact) mass is 476 g/mol. The summed E-state index contributed by atoms with van der Waals surface area (Å²) < 4.78 is 36.2. The van der Waals surface area contributed by atoms with Gasteiger partial charge in [0.1, 0.15) is 16.5 Å². The van der Waals surface area contributed by atoms with Gasteiger partial charge in [-0.1, -0.05) is 30.7 Å². The van der Waals surface area contributed by atoms with Crippen LogP contribution in [0.25, 0.3) is 0 Å². The molecule has 32 heavy (non-hydrogen) atoms. The number of hydrogen-bond donors (Lipinski definition) is 2. The van der Waals surface area contributed by atoms with Crippen LogP contribution in [0.4, 0.5) is 23.1 Å². The highest BCUT2D eigenvalue weighted by Crippen LogP contribution is 2.33. The molecule has 0 unspecified atom stereocenters. The van der Waals surface area contributed by atoms with Crippen LogP contribution in [0, 0.1) is 0 Å². The van der Waals surface area contributed by atoms with Crippen LogP contribution in [-0.2, 0) is 9.84 Å². The number of rotatable bonds is 10. The van der Waals surface area contributed by atoms with Gasteiger partial charge in [0.25, 0.3) is 0 Å².